The van der Waals surface area contributed by atoms with Crippen LogP contribution in [0.15, 0.2) is 48.5 Å². The highest BCUT2D eigenvalue weighted by Crippen LogP contribution is 2.37. The van der Waals surface area contributed by atoms with Crippen LogP contribution in [0.1, 0.15) is 11.1 Å². The van der Waals surface area contributed by atoms with E-state index < -0.39 is 0 Å². The minimum absolute atomic E-state index is 0.0514. The number of nitrogens with zero attached hydrogens (tertiary/aromatic N) is 1. The molecule has 0 spiro atoms. The highest BCUT2D eigenvalue weighted by molar-refractivity contribution is 6.35. The summed E-state index contributed by atoms with van der Waals surface area (Å²) in [5.41, 5.74) is 3.06. The zero-order chi connectivity index (χ0) is 13.4. The average Bonchev–Trinajstić information content (AvgIpc) is 2.67. The van der Waals surface area contributed by atoms with Gasteiger partial charge >= 0.3 is 0 Å². The number of hydrogen-bond donors (Lipinski definition) is 1. The monoisotopic (exact) mass is 251 g/mol. The Morgan fingerprint density at radius 1 is 1.05 bits per heavy atom. The maximum absolute atomic E-state index is 12.3. The van der Waals surface area contributed by atoms with Gasteiger partial charge in [0.15, 0.2) is 0 Å². The third kappa shape index (κ3) is 1.80. The van der Waals surface area contributed by atoms with E-state index in [-0.39, 0.29) is 11.7 Å². The van der Waals surface area contributed by atoms with E-state index in [0.717, 1.165) is 11.3 Å². The van der Waals surface area contributed by atoms with Gasteiger partial charge < -0.3 is 10.0 Å². The molecule has 1 heterocycles. The van der Waals surface area contributed by atoms with E-state index in [1.54, 1.807) is 36.2 Å². The van der Waals surface area contributed by atoms with Gasteiger partial charge in [0.1, 0.15) is 5.75 Å². The van der Waals surface area contributed by atoms with Gasteiger partial charge in [-0.25, -0.2) is 0 Å². The van der Waals surface area contributed by atoms with Crippen LogP contribution in [0.25, 0.3) is 11.6 Å². The van der Waals surface area contributed by atoms with Gasteiger partial charge in [0.25, 0.3) is 5.91 Å². The molecule has 3 heteroatoms. The first kappa shape index (κ1) is 11.5. The summed E-state index contributed by atoms with van der Waals surface area (Å²) in [6, 6.07) is 14.6. The molecule has 0 aromatic heterocycles. The van der Waals surface area contributed by atoms with Crippen LogP contribution in [0.2, 0.25) is 0 Å². The van der Waals surface area contributed by atoms with Gasteiger partial charge in [-0.05, 0) is 18.2 Å². The molecule has 1 N–H and O–H groups in total. The second kappa shape index (κ2) is 4.28. The number of carbonyl (C=O) groups is 1. The number of benzene rings is 2. The Labute approximate surface area is 111 Å². The van der Waals surface area contributed by atoms with Crippen molar-refractivity contribution in [1.29, 1.82) is 0 Å². The topological polar surface area (TPSA) is 40.5 Å². The number of phenolic OH excluding ortho intramolecular Hbond substituents is 1. The van der Waals surface area contributed by atoms with Crippen molar-refractivity contribution in [3.05, 3.63) is 59.7 Å². The lowest BCUT2D eigenvalue weighted by Crippen LogP contribution is -2.20. The van der Waals surface area contributed by atoms with Crippen LogP contribution in [0.4, 0.5) is 5.69 Å². The van der Waals surface area contributed by atoms with Crippen LogP contribution < -0.4 is 4.90 Å². The Morgan fingerprint density at radius 2 is 1.74 bits per heavy atom. The largest absolute Gasteiger partial charge is 0.507 e. The average molecular weight is 251 g/mol. The quantitative estimate of drug-likeness (QED) is 0.792. The molecule has 0 fully saturated rings. The number of anilines is 1. The maximum Gasteiger partial charge on any atom is 0.258 e. The number of aromatic hydroxyl groups is 1. The number of rotatable bonds is 1. The summed E-state index contributed by atoms with van der Waals surface area (Å²) in [5, 5.41) is 9.80. The van der Waals surface area contributed by atoms with Crippen LogP contribution >= 0.6 is 0 Å². The molecule has 94 valence electrons. The number of fused-ring (bicyclic) bond motifs is 1. The standard InChI is InChI=1S/C16H13NO2/c1-17-14-8-4-3-7-12(14)13(16(17)19)10-11-6-2-5-9-15(11)18/h2-10,18H,1H3. The Bertz CT molecular complexity index is 689. The normalized spacial score (nSPS) is 15.9. The molecule has 0 aliphatic carbocycles. The molecule has 1 aliphatic rings. The van der Waals surface area contributed by atoms with Crippen molar-refractivity contribution in [2.75, 3.05) is 11.9 Å². The van der Waals surface area contributed by atoms with E-state index >= 15 is 0 Å². The molecule has 19 heavy (non-hydrogen) atoms. The molecular formula is C16H13NO2. The number of phenols is 1. The molecule has 0 saturated heterocycles. The summed E-state index contributed by atoms with van der Waals surface area (Å²) >= 11 is 0. The van der Waals surface area contributed by atoms with Crippen molar-refractivity contribution in [3.63, 3.8) is 0 Å². The smallest absolute Gasteiger partial charge is 0.258 e. The van der Waals surface area contributed by atoms with Crippen molar-refractivity contribution in [1.82, 2.24) is 0 Å². The van der Waals surface area contributed by atoms with Gasteiger partial charge in [-0.2, -0.15) is 0 Å². The van der Waals surface area contributed by atoms with Gasteiger partial charge in [-0.1, -0.05) is 36.4 Å². The summed E-state index contributed by atoms with van der Waals surface area (Å²) < 4.78 is 0. The van der Waals surface area contributed by atoms with Gasteiger partial charge in [-0.15, -0.1) is 0 Å². The van der Waals surface area contributed by atoms with Crippen LogP contribution in [0, 0.1) is 0 Å². The van der Waals surface area contributed by atoms with Crippen LogP contribution in [-0.4, -0.2) is 18.1 Å². The predicted molar refractivity (Wildman–Crippen MR) is 75.8 cm³/mol. The Morgan fingerprint density at radius 3 is 2.53 bits per heavy atom. The maximum atomic E-state index is 12.3. The molecule has 2 aromatic carbocycles. The summed E-state index contributed by atoms with van der Waals surface area (Å²) in [7, 11) is 1.76. The molecule has 0 saturated carbocycles. The van der Waals surface area contributed by atoms with Crippen LogP contribution in [-0.2, 0) is 4.79 Å². The first-order chi connectivity index (χ1) is 9.18. The lowest BCUT2D eigenvalue weighted by Gasteiger charge is -2.08. The summed E-state index contributed by atoms with van der Waals surface area (Å²) in [4.78, 5) is 13.9. The number of para-hydroxylation sites is 2. The third-order valence-electron chi connectivity index (χ3n) is 3.33. The van der Waals surface area contributed by atoms with Crippen molar-refractivity contribution < 1.29 is 9.90 Å². The van der Waals surface area contributed by atoms with Crippen molar-refractivity contribution in [2.24, 2.45) is 0 Å². The Hall–Kier alpha value is -2.55. The second-order valence-corrected chi connectivity index (χ2v) is 4.50. The molecule has 1 amide bonds. The van der Waals surface area contributed by atoms with Crippen LogP contribution in [0.3, 0.4) is 0 Å². The Kier molecular flexibility index (Phi) is 2.60. The SMILES string of the molecule is CN1C(=O)C(=Cc2ccccc2O)c2ccccc21. The molecule has 0 unspecified atom stereocenters. The number of hydrogen-bond acceptors (Lipinski definition) is 2. The fourth-order valence-corrected chi connectivity index (χ4v) is 2.30. The first-order valence-electron chi connectivity index (χ1n) is 6.05. The zero-order valence-corrected chi connectivity index (χ0v) is 10.5. The van der Waals surface area contributed by atoms with Gasteiger partial charge in [0.2, 0.25) is 0 Å². The fourth-order valence-electron chi connectivity index (χ4n) is 2.30. The molecule has 1 aliphatic heterocycles. The molecule has 0 radical (unpaired) electrons. The van der Waals surface area contributed by atoms with Crippen molar-refractivity contribution in [2.45, 2.75) is 0 Å². The number of likely N-dealkylation sites (N-methyl/N-ethyl adjacent to an activating group) is 1. The third-order valence-corrected chi connectivity index (χ3v) is 3.33. The summed E-state index contributed by atoms with van der Waals surface area (Å²) in [6.07, 6.45) is 1.74. The molecule has 3 nitrogen and oxygen atoms in total. The zero-order valence-electron chi connectivity index (χ0n) is 10.5. The second-order valence-electron chi connectivity index (χ2n) is 4.50. The van der Waals surface area contributed by atoms with E-state index in [1.807, 2.05) is 30.3 Å². The van der Waals surface area contributed by atoms with Gasteiger partial charge in [0.05, 0.1) is 5.69 Å². The van der Waals surface area contributed by atoms with E-state index in [2.05, 4.69) is 0 Å². The highest BCUT2D eigenvalue weighted by atomic mass is 16.3. The summed E-state index contributed by atoms with van der Waals surface area (Å²) in [6.45, 7) is 0. The predicted octanol–water partition coefficient (Wildman–Crippen LogP) is 2.91. The highest BCUT2D eigenvalue weighted by Gasteiger charge is 2.29. The lowest BCUT2D eigenvalue weighted by molar-refractivity contribution is -0.112. The molecular weight excluding hydrogens is 238 g/mol. The molecule has 0 atom stereocenters. The number of amides is 1. The minimum atomic E-state index is -0.0514. The van der Waals surface area contributed by atoms with E-state index in [0.29, 0.717) is 11.1 Å². The fraction of sp³-hybridized carbons (Fsp3) is 0.0625. The lowest BCUT2D eigenvalue weighted by atomic mass is 10.0. The molecule has 0 bridgehead atoms. The Balaban J connectivity index is 2.16. The van der Waals surface area contributed by atoms with E-state index in [1.165, 1.54) is 0 Å². The first-order valence-corrected chi connectivity index (χ1v) is 6.05. The van der Waals surface area contributed by atoms with E-state index in [4.69, 9.17) is 0 Å². The van der Waals surface area contributed by atoms with Crippen LogP contribution in [0.5, 0.6) is 5.75 Å². The summed E-state index contributed by atoms with van der Waals surface area (Å²) in [5.74, 6) is 0.124. The van der Waals surface area contributed by atoms with Gasteiger partial charge in [0, 0.05) is 23.7 Å². The van der Waals surface area contributed by atoms with E-state index in [9.17, 15) is 9.90 Å². The van der Waals surface area contributed by atoms with Crippen molar-refractivity contribution >= 4 is 23.2 Å². The van der Waals surface area contributed by atoms with Gasteiger partial charge in [-0.3, -0.25) is 4.79 Å². The minimum Gasteiger partial charge on any atom is -0.507 e. The van der Waals surface area contributed by atoms with Crippen molar-refractivity contribution in [3.8, 4) is 5.75 Å². The molecule has 2 aromatic rings. The molecule has 3 rings (SSSR count). The number of carbonyl (C=O) groups excluding carboxylic acids is 1.